The number of halogens is 2. The first-order valence-electron chi connectivity index (χ1n) is 7.41. The summed E-state index contributed by atoms with van der Waals surface area (Å²) in [5.41, 5.74) is 2.35. The molecular formula is C17H19F2NO2S. The summed E-state index contributed by atoms with van der Waals surface area (Å²) in [7, 11) is -3.96. The van der Waals surface area contributed by atoms with E-state index in [1.165, 1.54) is 0 Å². The van der Waals surface area contributed by atoms with Crippen molar-refractivity contribution in [1.29, 1.82) is 0 Å². The molecule has 124 valence electrons. The molecule has 2 aromatic rings. The van der Waals surface area contributed by atoms with Gasteiger partial charge in [-0.3, -0.25) is 4.72 Å². The highest BCUT2D eigenvalue weighted by Crippen LogP contribution is 2.22. The van der Waals surface area contributed by atoms with Crippen molar-refractivity contribution in [3.63, 3.8) is 0 Å². The third kappa shape index (κ3) is 4.28. The Morgan fingerprint density at radius 1 is 1.04 bits per heavy atom. The molecule has 23 heavy (non-hydrogen) atoms. The first-order chi connectivity index (χ1) is 10.8. The highest BCUT2D eigenvalue weighted by molar-refractivity contribution is 7.92. The number of aryl methyl sites for hydroxylation is 2. The molecule has 0 unspecified atom stereocenters. The van der Waals surface area contributed by atoms with E-state index >= 15 is 0 Å². The predicted octanol–water partition coefficient (Wildman–Crippen LogP) is 4.42. The zero-order chi connectivity index (χ0) is 17.0. The molecule has 0 bridgehead atoms. The molecule has 0 aliphatic carbocycles. The summed E-state index contributed by atoms with van der Waals surface area (Å²) in [6, 6.07) is 7.99. The monoisotopic (exact) mass is 339 g/mol. The number of nitrogens with one attached hydrogen (secondary N) is 1. The second-order valence-electron chi connectivity index (χ2n) is 5.43. The number of hydrogen-bond acceptors (Lipinski definition) is 2. The second kappa shape index (κ2) is 7.08. The van der Waals surface area contributed by atoms with E-state index in [9.17, 15) is 17.2 Å². The first kappa shape index (κ1) is 17.4. The van der Waals surface area contributed by atoms with Gasteiger partial charge < -0.3 is 0 Å². The third-order valence-electron chi connectivity index (χ3n) is 3.56. The van der Waals surface area contributed by atoms with Gasteiger partial charge in [0.15, 0.2) is 11.6 Å². The lowest BCUT2D eigenvalue weighted by Crippen LogP contribution is -2.14. The van der Waals surface area contributed by atoms with E-state index in [2.05, 4.69) is 11.6 Å². The zero-order valence-electron chi connectivity index (χ0n) is 13.1. The van der Waals surface area contributed by atoms with Crippen LogP contribution in [0.3, 0.4) is 0 Å². The van der Waals surface area contributed by atoms with Gasteiger partial charge in [0.05, 0.1) is 10.6 Å². The van der Waals surface area contributed by atoms with Crippen molar-refractivity contribution in [2.24, 2.45) is 0 Å². The molecule has 0 amide bonds. The fourth-order valence-corrected chi connectivity index (χ4v) is 3.37. The molecule has 0 atom stereocenters. The van der Waals surface area contributed by atoms with Crippen LogP contribution < -0.4 is 4.72 Å². The Hall–Kier alpha value is -1.95. The van der Waals surface area contributed by atoms with Gasteiger partial charge in [0.25, 0.3) is 10.0 Å². The van der Waals surface area contributed by atoms with Crippen LogP contribution >= 0.6 is 0 Å². The quantitative estimate of drug-likeness (QED) is 0.847. The van der Waals surface area contributed by atoms with Crippen molar-refractivity contribution < 1.29 is 17.2 Å². The topological polar surface area (TPSA) is 46.2 Å². The molecule has 0 spiro atoms. The van der Waals surface area contributed by atoms with Crippen LogP contribution in [0, 0.1) is 18.6 Å². The summed E-state index contributed by atoms with van der Waals surface area (Å²) in [4.78, 5) is -0.314. The summed E-state index contributed by atoms with van der Waals surface area (Å²) < 4.78 is 53.1. The molecule has 3 nitrogen and oxygen atoms in total. The summed E-state index contributed by atoms with van der Waals surface area (Å²) in [5, 5.41) is 0. The van der Waals surface area contributed by atoms with Gasteiger partial charge in [0, 0.05) is 0 Å². The van der Waals surface area contributed by atoms with Crippen molar-refractivity contribution in [3.05, 3.63) is 59.2 Å². The normalized spacial score (nSPS) is 11.5. The summed E-state index contributed by atoms with van der Waals surface area (Å²) in [6.07, 6.45) is 3.09. The lowest BCUT2D eigenvalue weighted by Gasteiger charge is -2.12. The minimum atomic E-state index is -3.96. The largest absolute Gasteiger partial charge is 0.279 e. The maximum atomic E-state index is 13.2. The van der Waals surface area contributed by atoms with E-state index in [0.29, 0.717) is 11.8 Å². The molecule has 0 aliphatic rings. The molecule has 2 rings (SSSR count). The Morgan fingerprint density at radius 2 is 1.78 bits per heavy atom. The predicted molar refractivity (Wildman–Crippen MR) is 87.0 cm³/mol. The van der Waals surface area contributed by atoms with E-state index in [0.717, 1.165) is 42.5 Å². The molecule has 1 N–H and O–H groups in total. The zero-order valence-corrected chi connectivity index (χ0v) is 13.9. The number of benzene rings is 2. The van der Waals surface area contributed by atoms with Gasteiger partial charge in [-0.25, -0.2) is 17.2 Å². The maximum Gasteiger partial charge on any atom is 0.262 e. The van der Waals surface area contributed by atoms with Gasteiger partial charge >= 0.3 is 0 Å². The van der Waals surface area contributed by atoms with Crippen LogP contribution in [0.5, 0.6) is 0 Å². The van der Waals surface area contributed by atoms with E-state index in [4.69, 9.17) is 0 Å². The van der Waals surface area contributed by atoms with Crippen molar-refractivity contribution >= 4 is 15.7 Å². The molecule has 0 saturated heterocycles. The molecular weight excluding hydrogens is 320 g/mol. The van der Waals surface area contributed by atoms with Crippen molar-refractivity contribution in [1.82, 2.24) is 0 Å². The minimum absolute atomic E-state index is 0.314. The summed E-state index contributed by atoms with van der Waals surface area (Å²) in [5.74, 6) is -2.28. The van der Waals surface area contributed by atoms with Gasteiger partial charge in [0.1, 0.15) is 0 Å². The van der Waals surface area contributed by atoms with Crippen LogP contribution in [0.4, 0.5) is 14.5 Å². The lowest BCUT2D eigenvalue weighted by atomic mass is 10.1. The fraction of sp³-hybridized carbons (Fsp3) is 0.294. The summed E-state index contributed by atoms with van der Waals surface area (Å²) >= 11 is 0. The van der Waals surface area contributed by atoms with Crippen molar-refractivity contribution in [2.45, 2.75) is 38.0 Å². The van der Waals surface area contributed by atoms with E-state index in [1.807, 2.05) is 12.1 Å². The molecule has 0 radical (unpaired) electrons. The minimum Gasteiger partial charge on any atom is -0.279 e. The lowest BCUT2D eigenvalue weighted by molar-refractivity contribution is 0.504. The molecule has 2 aromatic carbocycles. The Morgan fingerprint density at radius 3 is 2.39 bits per heavy atom. The van der Waals surface area contributed by atoms with Gasteiger partial charge in [-0.2, -0.15) is 0 Å². The third-order valence-corrected chi connectivity index (χ3v) is 4.92. The fourth-order valence-electron chi connectivity index (χ4n) is 2.22. The standard InChI is InChI=1S/C17H19F2NO2S/c1-3-4-5-13-6-9-17(12(2)10-13)20-23(21,22)14-7-8-15(18)16(19)11-14/h6-11,20H,3-5H2,1-2H3. The van der Waals surface area contributed by atoms with Crippen LogP contribution in [0.15, 0.2) is 41.3 Å². The van der Waals surface area contributed by atoms with Crippen LogP contribution in [0.2, 0.25) is 0 Å². The highest BCUT2D eigenvalue weighted by atomic mass is 32.2. The smallest absolute Gasteiger partial charge is 0.262 e. The molecule has 0 fully saturated rings. The Balaban J connectivity index is 2.24. The number of rotatable bonds is 6. The van der Waals surface area contributed by atoms with Crippen LogP contribution in [-0.4, -0.2) is 8.42 Å². The molecule has 0 aliphatic heterocycles. The van der Waals surface area contributed by atoms with E-state index < -0.39 is 21.7 Å². The van der Waals surface area contributed by atoms with Gasteiger partial charge in [-0.15, -0.1) is 0 Å². The SMILES string of the molecule is CCCCc1ccc(NS(=O)(=O)c2ccc(F)c(F)c2)c(C)c1. The average Bonchev–Trinajstić information content (AvgIpc) is 2.50. The highest BCUT2D eigenvalue weighted by Gasteiger charge is 2.17. The number of anilines is 1. The second-order valence-corrected chi connectivity index (χ2v) is 7.12. The average molecular weight is 339 g/mol. The van der Waals surface area contributed by atoms with Gasteiger partial charge in [0.2, 0.25) is 0 Å². The number of unbranched alkanes of at least 4 members (excludes halogenated alkanes) is 1. The van der Waals surface area contributed by atoms with Gasteiger partial charge in [-0.05, 0) is 55.2 Å². The van der Waals surface area contributed by atoms with Crippen molar-refractivity contribution in [3.8, 4) is 0 Å². The molecule has 0 saturated carbocycles. The van der Waals surface area contributed by atoms with Crippen LogP contribution in [-0.2, 0) is 16.4 Å². The van der Waals surface area contributed by atoms with Gasteiger partial charge in [-0.1, -0.05) is 25.5 Å². The molecule has 0 aromatic heterocycles. The summed E-state index contributed by atoms with van der Waals surface area (Å²) in [6.45, 7) is 3.91. The molecule has 6 heteroatoms. The molecule has 0 heterocycles. The Labute approximate surface area is 135 Å². The van der Waals surface area contributed by atoms with E-state index in [-0.39, 0.29) is 4.90 Å². The number of hydrogen-bond donors (Lipinski definition) is 1. The van der Waals surface area contributed by atoms with Crippen LogP contribution in [0.25, 0.3) is 0 Å². The van der Waals surface area contributed by atoms with Crippen LogP contribution in [0.1, 0.15) is 30.9 Å². The maximum absolute atomic E-state index is 13.2. The van der Waals surface area contributed by atoms with E-state index in [1.54, 1.807) is 13.0 Å². The van der Waals surface area contributed by atoms with Crippen molar-refractivity contribution in [2.75, 3.05) is 4.72 Å². The Kier molecular flexibility index (Phi) is 5.36. The Bertz CT molecular complexity index is 804. The first-order valence-corrected chi connectivity index (χ1v) is 8.89. The number of sulfonamides is 1.